The van der Waals surface area contributed by atoms with E-state index in [9.17, 15) is 9.90 Å². The minimum atomic E-state index is -0.429. The molecule has 1 unspecified atom stereocenters. The minimum Gasteiger partial charge on any atom is -0.393 e. The summed E-state index contributed by atoms with van der Waals surface area (Å²) < 4.78 is 1.50. The number of aromatic nitrogens is 3. The Morgan fingerprint density at radius 3 is 2.44 bits per heavy atom. The number of aromatic amines is 1. The summed E-state index contributed by atoms with van der Waals surface area (Å²) in [5, 5.41) is 12.9. The van der Waals surface area contributed by atoms with Gasteiger partial charge < -0.3 is 5.11 Å². The van der Waals surface area contributed by atoms with Crippen LogP contribution in [0.5, 0.6) is 0 Å². The average molecular weight is 339 g/mol. The van der Waals surface area contributed by atoms with E-state index < -0.39 is 6.10 Å². The monoisotopic (exact) mass is 339 g/mol. The molecule has 5 nitrogen and oxygen atoms in total. The minimum absolute atomic E-state index is 0.0892. The van der Waals surface area contributed by atoms with E-state index >= 15 is 0 Å². The quantitative estimate of drug-likeness (QED) is 0.770. The molecule has 0 aliphatic rings. The molecule has 0 aliphatic heterocycles. The number of aliphatic hydroxyl groups is 1. The zero-order valence-corrected chi connectivity index (χ0v) is 15.7. The maximum absolute atomic E-state index is 13.1. The Morgan fingerprint density at radius 2 is 1.80 bits per heavy atom. The summed E-state index contributed by atoms with van der Waals surface area (Å²) in [5.41, 5.74) is 8.06. The van der Waals surface area contributed by atoms with Gasteiger partial charge in [0.05, 0.1) is 17.4 Å². The molecule has 0 amide bonds. The largest absolute Gasteiger partial charge is 0.393 e. The molecule has 3 aromatic rings. The second-order valence-corrected chi connectivity index (χ2v) is 7.05. The van der Waals surface area contributed by atoms with Crippen molar-refractivity contribution in [2.75, 3.05) is 0 Å². The topological polar surface area (TPSA) is 70.4 Å². The first-order valence-corrected chi connectivity index (χ1v) is 8.57. The van der Waals surface area contributed by atoms with Gasteiger partial charge in [-0.15, -0.1) is 0 Å². The molecule has 1 aromatic carbocycles. The average Bonchev–Trinajstić information content (AvgIpc) is 2.87. The lowest BCUT2D eigenvalue weighted by Gasteiger charge is -2.19. The molecule has 2 N–H and O–H groups in total. The van der Waals surface area contributed by atoms with Crippen LogP contribution in [0.4, 0.5) is 0 Å². The molecule has 2 heterocycles. The van der Waals surface area contributed by atoms with Crippen molar-refractivity contribution in [2.24, 2.45) is 0 Å². The fourth-order valence-corrected chi connectivity index (χ4v) is 3.76. The van der Waals surface area contributed by atoms with Gasteiger partial charge in [0.2, 0.25) is 0 Å². The Kier molecular flexibility index (Phi) is 4.29. The van der Waals surface area contributed by atoms with Crippen LogP contribution in [-0.2, 0) is 6.42 Å². The van der Waals surface area contributed by atoms with Crippen molar-refractivity contribution in [3.63, 3.8) is 0 Å². The maximum atomic E-state index is 13.1. The molecule has 0 spiro atoms. The van der Waals surface area contributed by atoms with E-state index in [1.165, 1.54) is 4.52 Å². The van der Waals surface area contributed by atoms with E-state index in [0.29, 0.717) is 17.6 Å². The number of hydrogen-bond acceptors (Lipinski definition) is 3. The second-order valence-electron chi connectivity index (χ2n) is 7.05. The SMILES string of the molecule is Cc1cc2nc(C)c(-c3c(C)cc(C)c(CC(C)O)c3C)c(=O)n2[nH]1. The molecule has 0 radical (unpaired) electrons. The van der Waals surface area contributed by atoms with E-state index in [0.717, 1.165) is 39.2 Å². The summed E-state index contributed by atoms with van der Waals surface area (Å²) in [6.07, 6.45) is 0.143. The van der Waals surface area contributed by atoms with Crippen LogP contribution in [0.15, 0.2) is 16.9 Å². The van der Waals surface area contributed by atoms with Crippen molar-refractivity contribution < 1.29 is 5.11 Å². The Hall–Kier alpha value is -2.40. The molecule has 0 saturated heterocycles. The van der Waals surface area contributed by atoms with Gasteiger partial charge in [-0.25, -0.2) is 9.50 Å². The molecule has 5 heteroatoms. The predicted octanol–water partition coefficient (Wildman–Crippen LogP) is 3.16. The highest BCUT2D eigenvalue weighted by Crippen LogP contribution is 2.32. The van der Waals surface area contributed by atoms with Crippen molar-refractivity contribution in [3.8, 4) is 11.1 Å². The second kappa shape index (κ2) is 6.15. The van der Waals surface area contributed by atoms with Gasteiger partial charge in [-0.1, -0.05) is 6.07 Å². The van der Waals surface area contributed by atoms with Crippen LogP contribution in [0.3, 0.4) is 0 Å². The van der Waals surface area contributed by atoms with Crippen molar-refractivity contribution in [2.45, 2.75) is 54.1 Å². The van der Waals surface area contributed by atoms with Gasteiger partial charge in [0, 0.05) is 11.8 Å². The number of aryl methyl sites for hydroxylation is 4. The van der Waals surface area contributed by atoms with Crippen LogP contribution >= 0.6 is 0 Å². The van der Waals surface area contributed by atoms with Crippen LogP contribution in [0.2, 0.25) is 0 Å². The number of nitrogens with zero attached hydrogens (tertiary/aromatic N) is 2. The van der Waals surface area contributed by atoms with Gasteiger partial charge in [0.15, 0.2) is 5.65 Å². The molecule has 1 atom stereocenters. The third-order valence-corrected chi connectivity index (χ3v) is 4.80. The maximum Gasteiger partial charge on any atom is 0.280 e. The van der Waals surface area contributed by atoms with E-state index in [1.54, 1.807) is 6.92 Å². The zero-order valence-electron chi connectivity index (χ0n) is 15.7. The summed E-state index contributed by atoms with van der Waals surface area (Å²) in [7, 11) is 0. The van der Waals surface area contributed by atoms with Crippen LogP contribution in [0, 0.1) is 34.6 Å². The van der Waals surface area contributed by atoms with Crippen LogP contribution in [0.25, 0.3) is 16.8 Å². The zero-order chi connectivity index (χ0) is 18.5. The molecule has 3 rings (SSSR count). The summed E-state index contributed by atoms with van der Waals surface area (Å²) in [5.74, 6) is 0. The lowest BCUT2D eigenvalue weighted by Crippen LogP contribution is -2.20. The van der Waals surface area contributed by atoms with Gasteiger partial charge >= 0.3 is 0 Å². The molecule has 0 bridgehead atoms. The van der Waals surface area contributed by atoms with Gasteiger partial charge in [0.1, 0.15) is 0 Å². The highest BCUT2D eigenvalue weighted by Gasteiger charge is 2.20. The Morgan fingerprint density at radius 1 is 1.12 bits per heavy atom. The summed E-state index contributed by atoms with van der Waals surface area (Å²) in [6.45, 7) is 11.7. The van der Waals surface area contributed by atoms with Gasteiger partial charge in [0.25, 0.3) is 5.56 Å². The van der Waals surface area contributed by atoms with E-state index in [1.807, 2.05) is 33.8 Å². The summed E-state index contributed by atoms with van der Waals surface area (Å²) in [6, 6.07) is 3.96. The standard InChI is InChI=1S/C20H25N3O2/c1-10-7-11(2)18(14(5)16(10)9-13(4)24)19-15(6)21-17-8-12(3)22-23(17)20(19)25/h7-8,13,22,24H,9H2,1-6H3. The van der Waals surface area contributed by atoms with Crippen molar-refractivity contribution in [1.29, 1.82) is 0 Å². The Labute approximate surface area is 147 Å². The summed E-state index contributed by atoms with van der Waals surface area (Å²) >= 11 is 0. The van der Waals surface area contributed by atoms with Crippen molar-refractivity contribution in [1.82, 2.24) is 14.6 Å². The predicted molar refractivity (Wildman–Crippen MR) is 100 cm³/mol. The van der Waals surface area contributed by atoms with Crippen molar-refractivity contribution in [3.05, 3.63) is 56.1 Å². The van der Waals surface area contributed by atoms with E-state index in [-0.39, 0.29) is 5.56 Å². The highest BCUT2D eigenvalue weighted by molar-refractivity contribution is 5.75. The van der Waals surface area contributed by atoms with Gasteiger partial charge in [-0.05, 0) is 75.8 Å². The first-order valence-electron chi connectivity index (χ1n) is 8.57. The molecule has 0 fully saturated rings. The molecule has 0 aliphatic carbocycles. The number of fused-ring (bicyclic) bond motifs is 1. The van der Waals surface area contributed by atoms with Crippen molar-refractivity contribution >= 4 is 5.65 Å². The number of rotatable bonds is 3. The van der Waals surface area contributed by atoms with Gasteiger partial charge in [-0.3, -0.25) is 9.89 Å². The number of benzene rings is 1. The summed E-state index contributed by atoms with van der Waals surface area (Å²) in [4.78, 5) is 17.7. The molecular weight excluding hydrogens is 314 g/mol. The normalized spacial score (nSPS) is 12.8. The van der Waals surface area contributed by atoms with E-state index in [2.05, 4.69) is 23.1 Å². The van der Waals surface area contributed by atoms with E-state index in [4.69, 9.17) is 0 Å². The van der Waals surface area contributed by atoms with Gasteiger partial charge in [-0.2, -0.15) is 0 Å². The Bertz CT molecular complexity index is 1030. The molecule has 0 saturated carbocycles. The smallest absolute Gasteiger partial charge is 0.280 e. The lowest BCUT2D eigenvalue weighted by atomic mass is 9.87. The van der Waals surface area contributed by atoms with Crippen LogP contribution in [0.1, 0.15) is 40.6 Å². The third-order valence-electron chi connectivity index (χ3n) is 4.80. The molecule has 132 valence electrons. The number of H-pyrrole nitrogens is 1. The first kappa shape index (κ1) is 17.4. The molecule has 2 aromatic heterocycles. The third kappa shape index (κ3) is 2.89. The fraction of sp³-hybridized carbons (Fsp3) is 0.400. The number of aliphatic hydroxyl groups excluding tert-OH is 1. The first-order chi connectivity index (χ1) is 11.7. The fourth-order valence-electron chi connectivity index (χ4n) is 3.76. The number of hydrogen-bond donors (Lipinski definition) is 2. The van der Waals surface area contributed by atoms with Crippen LogP contribution in [-0.4, -0.2) is 25.8 Å². The van der Waals surface area contributed by atoms with Crippen LogP contribution < -0.4 is 5.56 Å². The molecule has 25 heavy (non-hydrogen) atoms. The lowest BCUT2D eigenvalue weighted by molar-refractivity contribution is 0.195. The molecular formula is C20H25N3O2. The Balaban J connectivity index is 2.37. The number of nitrogens with one attached hydrogen (secondary N) is 1. The highest BCUT2D eigenvalue weighted by atomic mass is 16.3.